The monoisotopic (exact) mass is 279 g/mol. The van der Waals surface area contributed by atoms with Gasteiger partial charge in [-0.2, -0.15) is 0 Å². The van der Waals surface area contributed by atoms with Gasteiger partial charge in [-0.1, -0.05) is 25.5 Å². The van der Waals surface area contributed by atoms with Gasteiger partial charge in [0.15, 0.2) is 17.6 Å². The Morgan fingerprint density at radius 3 is 2.80 bits per heavy atom. The first-order valence-corrected chi connectivity index (χ1v) is 6.96. The van der Waals surface area contributed by atoms with Crippen molar-refractivity contribution in [3.63, 3.8) is 0 Å². The van der Waals surface area contributed by atoms with Crippen molar-refractivity contribution in [3.05, 3.63) is 24.3 Å². The van der Waals surface area contributed by atoms with E-state index in [9.17, 15) is 4.79 Å². The number of carbonyl (C=O) groups is 1. The molecule has 5 heteroatoms. The van der Waals surface area contributed by atoms with Gasteiger partial charge >= 0.3 is 6.09 Å². The molecule has 0 radical (unpaired) electrons. The Labute approximate surface area is 119 Å². The van der Waals surface area contributed by atoms with E-state index in [0.717, 1.165) is 19.4 Å². The van der Waals surface area contributed by atoms with E-state index in [0.29, 0.717) is 24.7 Å². The largest absolute Gasteiger partial charge is 0.493 e. The summed E-state index contributed by atoms with van der Waals surface area (Å²) in [5.41, 5.74) is 0. The van der Waals surface area contributed by atoms with Gasteiger partial charge in [-0.05, 0) is 18.6 Å². The summed E-state index contributed by atoms with van der Waals surface area (Å²) in [5.74, 6) is 1.35. The van der Waals surface area contributed by atoms with Crippen molar-refractivity contribution in [1.82, 2.24) is 4.90 Å². The Hall–Kier alpha value is -1.91. The highest BCUT2D eigenvalue weighted by Crippen LogP contribution is 2.26. The van der Waals surface area contributed by atoms with Gasteiger partial charge in [0.2, 0.25) is 0 Å². The van der Waals surface area contributed by atoms with Crippen LogP contribution in [0.3, 0.4) is 0 Å². The van der Waals surface area contributed by atoms with E-state index < -0.39 is 0 Å². The molecule has 1 heterocycles. The van der Waals surface area contributed by atoms with E-state index in [4.69, 9.17) is 14.2 Å². The lowest BCUT2D eigenvalue weighted by Crippen LogP contribution is -2.27. The predicted molar refractivity (Wildman–Crippen MR) is 75.2 cm³/mol. The van der Waals surface area contributed by atoms with Crippen LogP contribution in [0.25, 0.3) is 0 Å². The maximum absolute atomic E-state index is 11.6. The number of rotatable bonds is 7. The molecule has 0 saturated carbocycles. The number of cyclic esters (lactones) is 1. The van der Waals surface area contributed by atoms with Crippen molar-refractivity contribution < 1.29 is 19.0 Å². The van der Waals surface area contributed by atoms with Gasteiger partial charge in [0.05, 0.1) is 13.7 Å². The molecule has 1 aromatic carbocycles. The molecule has 2 rings (SSSR count). The van der Waals surface area contributed by atoms with Gasteiger partial charge in [-0.15, -0.1) is 0 Å². The summed E-state index contributed by atoms with van der Waals surface area (Å²) in [6, 6.07) is 7.44. The minimum absolute atomic E-state index is 0.218. The molecule has 110 valence electrons. The highest BCUT2D eigenvalue weighted by atomic mass is 16.6. The lowest BCUT2D eigenvalue weighted by molar-refractivity contribution is 0.102. The standard InChI is InChI=1S/C15H21NO4/c1-3-4-9-16-10-12(20-15(16)17)11-19-14-8-6-5-7-13(14)18-2/h5-8,12H,3-4,9-11H2,1-2H3. The average Bonchev–Trinajstić information content (AvgIpc) is 2.83. The zero-order valence-corrected chi connectivity index (χ0v) is 12.0. The second-order valence-corrected chi connectivity index (χ2v) is 4.77. The smallest absolute Gasteiger partial charge is 0.410 e. The highest BCUT2D eigenvalue weighted by Gasteiger charge is 2.31. The molecular weight excluding hydrogens is 258 g/mol. The van der Waals surface area contributed by atoms with E-state index in [2.05, 4.69) is 6.92 Å². The van der Waals surface area contributed by atoms with Gasteiger partial charge in [0.1, 0.15) is 6.61 Å². The third-order valence-corrected chi connectivity index (χ3v) is 3.23. The number of carbonyl (C=O) groups excluding carboxylic acids is 1. The average molecular weight is 279 g/mol. The van der Waals surface area contributed by atoms with Crippen LogP contribution in [0.1, 0.15) is 19.8 Å². The molecule has 1 atom stereocenters. The summed E-state index contributed by atoms with van der Waals surface area (Å²) in [6.45, 7) is 3.78. The van der Waals surface area contributed by atoms with Crippen LogP contribution in [0.2, 0.25) is 0 Å². The van der Waals surface area contributed by atoms with Gasteiger partial charge in [-0.25, -0.2) is 4.79 Å². The second-order valence-electron chi connectivity index (χ2n) is 4.77. The van der Waals surface area contributed by atoms with Gasteiger partial charge in [-0.3, -0.25) is 0 Å². The fourth-order valence-electron chi connectivity index (χ4n) is 2.11. The highest BCUT2D eigenvalue weighted by molar-refractivity contribution is 5.69. The molecule has 20 heavy (non-hydrogen) atoms. The van der Waals surface area contributed by atoms with Gasteiger partial charge in [0, 0.05) is 6.54 Å². The Morgan fingerprint density at radius 1 is 1.35 bits per heavy atom. The molecule has 0 bridgehead atoms. The van der Waals surface area contributed by atoms with E-state index in [1.807, 2.05) is 24.3 Å². The number of unbranched alkanes of at least 4 members (excludes halogenated alkanes) is 1. The lowest BCUT2D eigenvalue weighted by Gasteiger charge is -2.13. The number of para-hydroxylation sites is 2. The number of hydrogen-bond donors (Lipinski definition) is 0. The molecule has 5 nitrogen and oxygen atoms in total. The molecule has 0 aromatic heterocycles. The first kappa shape index (κ1) is 14.5. The third kappa shape index (κ3) is 3.56. The summed E-state index contributed by atoms with van der Waals surface area (Å²) in [6.07, 6.45) is 1.60. The van der Waals surface area contributed by atoms with Gasteiger partial charge in [0.25, 0.3) is 0 Å². The lowest BCUT2D eigenvalue weighted by atomic mass is 10.3. The van der Waals surface area contributed by atoms with Crippen LogP contribution in [0, 0.1) is 0 Å². The van der Waals surface area contributed by atoms with Crippen LogP contribution in [0.4, 0.5) is 4.79 Å². The fourth-order valence-corrected chi connectivity index (χ4v) is 2.11. The zero-order chi connectivity index (χ0) is 14.4. The first-order valence-electron chi connectivity index (χ1n) is 6.96. The van der Waals surface area contributed by atoms with Gasteiger partial charge < -0.3 is 19.1 Å². The van der Waals surface area contributed by atoms with Crippen molar-refractivity contribution in [1.29, 1.82) is 0 Å². The Balaban J connectivity index is 1.84. The quantitative estimate of drug-likeness (QED) is 0.770. The third-order valence-electron chi connectivity index (χ3n) is 3.23. The second kappa shape index (κ2) is 7.03. The number of hydrogen-bond acceptors (Lipinski definition) is 4. The topological polar surface area (TPSA) is 48.0 Å². The van der Waals surface area contributed by atoms with Crippen LogP contribution in [-0.2, 0) is 4.74 Å². The normalized spacial score (nSPS) is 18.0. The van der Waals surface area contributed by atoms with Crippen LogP contribution in [0.5, 0.6) is 11.5 Å². The first-order chi connectivity index (χ1) is 9.74. The van der Waals surface area contributed by atoms with Crippen molar-refractivity contribution in [3.8, 4) is 11.5 Å². The fraction of sp³-hybridized carbons (Fsp3) is 0.533. The molecule has 1 amide bonds. The maximum Gasteiger partial charge on any atom is 0.410 e. The van der Waals surface area contributed by atoms with E-state index in [1.165, 1.54) is 0 Å². The minimum atomic E-state index is -0.243. The Kier molecular flexibility index (Phi) is 5.09. The molecule has 0 aliphatic carbocycles. The SMILES string of the molecule is CCCCN1CC(COc2ccccc2OC)OC1=O. The number of methoxy groups -OCH3 is 1. The maximum atomic E-state index is 11.6. The molecule has 1 aliphatic heterocycles. The Morgan fingerprint density at radius 2 is 2.10 bits per heavy atom. The minimum Gasteiger partial charge on any atom is -0.493 e. The molecule has 1 fully saturated rings. The summed E-state index contributed by atoms with van der Waals surface area (Å²) in [7, 11) is 1.60. The number of nitrogens with zero attached hydrogens (tertiary/aromatic N) is 1. The molecule has 0 spiro atoms. The van der Waals surface area contributed by atoms with Crippen molar-refractivity contribution in [2.45, 2.75) is 25.9 Å². The van der Waals surface area contributed by atoms with Crippen LogP contribution >= 0.6 is 0 Å². The number of benzene rings is 1. The van der Waals surface area contributed by atoms with E-state index >= 15 is 0 Å². The summed E-state index contributed by atoms with van der Waals surface area (Å²) >= 11 is 0. The van der Waals surface area contributed by atoms with Crippen LogP contribution < -0.4 is 9.47 Å². The van der Waals surface area contributed by atoms with E-state index in [-0.39, 0.29) is 12.2 Å². The number of ether oxygens (including phenoxy) is 3. The molecule has 0 N–H and O–H groups in total. The summed E-state index contributed by atoms with van der Waals surface area (Å²) in [5, 5.41) is 0. The molecular formula is C15H21NO4. The Bertz CT molecular complexity index is 449. The van der Waals surface area contributed by atoms with Crippen molar-refractivity contribution in [2.24, 2.45) is 0 Å². The predicted octanol–water partition coefficient (Wildman–Crippen LogP) is 2.69. The molecule has 1 unspecified atom stereocenters. The number of amides is 1. The molecule has 1 aromatic rings. The molecule has 1 aliphatic rings. The molecule has 1 saturated heterocycles. The van der Waals surface area contributed by atoms with Crippen molar-refractivity contribution in [2.75, 3.05) is 26.8 Å². The summed E-state index contributed by atoms with van der Waals surface area (Å²) in [4.78, 5) is 13.4. The summed E-state index contributed by atoms with van der Waals surface area (Å²) < 4.78 is 16.2. The van der Waals surface area contributed by atoms with E-state index in [1.54, 1.807) is 12.0 Å². The van der Waals surface area contributed by atoms with Crippen LogP contribution in [-0.4, -0.2) is 43.9 Å². The zero-order valence-electron chi connectivity index (χ0n) is 12.0. The van der Waals surface area contributed by atoms with Crippen LogP contribution in [0.15, 0.2) is 24.3 Å². The van der Waals surface area contributed by atoms with Crippen molar-refractivity contribution >= 4 is 6.09 Å².